The zero-order valence-electron chi connectivity index (χ0n) is 22.0. The quantitative estimate of drug-likeness (QED) is 0.212. The Morgan fingerprint density at radius 1 is 0.868 bits per heavy atom. The lowest BCUT2D eigenvalue weighted by Crippen LogP contribution is -2.47. The van der Waals surface area contributed by atoms with E-state index in [0.717, 1.165) is 79.8 Å². The Labute approximate surface area is 230 Å². The molecule has 3 aromatic carbocycles. The lowest BCUT2D eigenvalue weighted by atomic mass is 10.1. The molecule has 1 aromatic heterocycles. The maximum absolute atomic E-state index is 6.16. The predicted octanol–water partition coefficient (Wildman–Crippen LogP) is 6.81. The van der Waals surface area contributed by atoms with Crippen LogP contribution in [-0.2, 0) is 6.54 Å². The number of benzene rings is 3. The van der Waals surface area contributed by atoms with Gasteiger partial charge in [0.1, 0.15) is 5.69 Å². The average Bonchev–Trinajstić information content (AvgIpc) is 3.41. The van der Waals surface area contributed by atoms with Crippen LogP contribution in [0.1, 0.15) is 23.3 Å². The first-order chi connectivity index (χ1) is 18.6. The number of anilines is 1. The summed E-state index contributed by atoms with van der Waals surface area (Å²) in [5.41, 5.74) is 5.52. The van der Waals surface area contributed by atoms with Crippen LogP contribution < -0.4 is 4.90 Å². The van der Waals surface area contributed by atoms with Crippen LogP contribution >= 0.6 is 11.6 Å². The highest BCUT2D eigenvalue weighted by Gasteiger charge is 2.17. The van der Waals surface area contributed by atoms with Crippen molar-refractivity contribution in [2.75, 3.05) is 51.2 Å². The third kappa shape index (κ3) is 7.35. The number of nitrogens with zero attached hydrogens (tertiary/aromatic N) is 4. The minimum absolute atomic E-state index is 0.757. The second-order valence-electron chi connectivity index (χ2n) is 9.94. The molecule has 0 radical (unpaired) electrons. The van der Waals surface area contributed by atoms with E-state index in [0.29, 0.717) is 0 Å². The monoisotopic (exact) mass is 526 g/mol. The number of aromatic nitrogens is 1. The van der Waals surface area contributed by atoms with Gasteiger partial charge in [-0.2, -0.15) is 0 Å². The van der Waals surface area contributed by atoms with Crippen molar-refractivity contribution in [2.24, 2.45) is 0 Å². The van der Waals surface area contributed by atoms with Crippen LogP contribution in [-0.4, -0.2) is 61.3 Å². The van der Waals surface area contributed by atoms with Crippen LogP contribution in [0.5, 0.6) is 0 Å². The number of halogens is 1. The van der Waals surface area contributed by atoms with E-state index in [4.69, 9.17) is 16.1 Å². The number of piperazine rings is 1. The van der Waals surface area contributed by atoms with Crippen LogP contribution in [0.2, 0.25) is 5.02 Å². The molecule has 1 fully saturated rings. The summed E-state index contributed by atoms with van der Waals surface area (Å²) < 4.78 is 5.65. The smallest absolute Gasteiger partial charge is 0.151 e. The summed E-state index contributed by atoms with van der Waals surface area (Å²) in [7, 11) is 2.15. The van der Waals surface area contributed by atoms with Gasteiger partial charge in [-0.05, 0) is 55.9 Å². The van der Waals surface area contributed by atoms with E-state index in [2.05, 4.69) is 93.7 Å². The fraction of sp³-hybridized carbons (Fsp3) is 0.281. The summed E-state index contributed by atoms with van der Waals surface area (Å²) in [6, 6.07) is 29.0. The molecule has 1 saturated heterocycles. The van der Waals surface area contributed by atoms with Crippen molar-refractivity contribution in [2.45, 2.75) is 13.0 Å². The summed E-state index contributed by atoms with van der Waals surface area (Å²) >= 11 is 6.16. The topological polar surface area (TPSA) is 35.8 Å². The van der Waals surface area contributed by atoms with E-state index < -0.39 is 0 Å². The van der Waals surface area contributed by atoms with E-state index in [1.807, 2.05) is 30.3 Å². The highest BCUT2D eigenvalue weighted by atomic mass is 35.5. The van der Waals surface area contributed by atoms with E-state index in [9.17, 15) is 0 Å². The Kier molecular flexibility index (Phi) is 8.92. The second kappa shape index (κ2) is 12.9. The average molecular weight is 527 g/mol. The minimum Gasteiger partial charge on any atom is -0.369 e. The molecule has 0 amide bonds. The van der Waals surface area contributed by atoms with Crippen molar-refractivity contribution in [3.63, 3.8) is 0 Å². The number of hydrogen-bond acceptors (Lipinski definition) is 5. The first-order valence-corrected chi connectivity index (χ1v) is 13.7. The molecule has 2 heterocycles. The number of hydrogen-bond donors (Lipinski definition) is 0. The van der Waals surface area contributed by atoms with Crippen LogP contribution in [0.4, 0.5) is 5.69 Å². The predicted molar refractivity (Wildman–Crippen MR) is 158 cm³/mol. The maximum Gasteiger partial charge on any atom is 0.151 e. The molecule has 0 aliphatic carbocycles. The summed E-state index contributed by atoms with van der Waals surface area (Å²) in [4.78, 5) is 7.29. The molecule has 0 saturated carbocycles. The Morgan fingerprint density at radius 3 is 2.34 bits per heavy atom. The Bertz CT molecular complexity index is 1310. The molecule has 4 aromatic rings. The molecule has 1 aliphatic heterocycles. The molecule has 38 heavy (non-hydrogen) atoms. The lowest BCUT2D eigenvalue weighted by molar-refractivity contribution is 0.223. The maximum atomic E-state index is 6.16. The molecule has 0 spiro atoms. The van der Waals surface area contributed by atoms with Crippen LogP contribution in [0, 0.1) is 0 Å². The molecule has 0 unspecified atom stereocenters. The van der Waals surface area contributed by atoms with Gasteiger partial charge < -0.3 is 9.42 Å². The third-order valence-electron chi connectivity index (χ3n) is 7.02. The van der Waals surface area contributed by atoms with Gasteiger partial charge in [-0.1, -0.05) is 89.6 Å². The molecule has 5 rings (SSSR count). The van der Waals surface area contributed by atoms with Crippen molar-refractivity contribution >= 4 is 29.4 Å². The summed E-state index contributed by atoms with van der Waals surface area (Å²) in [5.74, 6) is 0.894. The second-order valence-corrected chi connectivity index (χ2v) is 10.4. The van der Waals surface area contributed by atoms with Gasteiger partial charge in [0.15, 0.2) is 5.76 Å². The molecule has 0 atom stereocenters. The fourth-order valence-corrected chi connectivity index (χ4v) is 5.04. The number of rotatable bonds is 10. The Morgan fingerprint density at radius 2 is 1.61 bits per heavy atom. The summed E-state index contributed by atoms with van der Waals surface area (Å²) in [6.07, 6.45) is 5.38. The van der Waals surface area contributed by atoms with Gasteiger partial charge in [0, 0.05) is 48.5 Å². The molecule has 5 nitrogen and oxygen atoms in total. The van der Waals surface area contributed by atoms with Crippen LogP contribution in [0.15, 0.2) is 89.5 Å². The minimum atomic E-state index is 0.757. The van der Waals surface area contributed by atoms with Crippen molar-refractivity contribution in [3.05, 3.63) is 107 Å². The van der Waals surface area contributed by atoms with Crippen molar-refractivity contribution in [3.8, 4) is 11.3 Å². The van der Waals surface area contributed by atoms with Crippen molar-refractivity contribution < 1.29 is 4.52 Å². The lowest BCUT2D eigenvalue weighted by Gasteiger charge is -2.36. The van der Waals surface area contributed by atoms with E-state index in [1.54, 1.807) is 0 Å². The van der Waals surface area contributed by atoms with Gasteiger partial charge in [-0.3, -0.25) is 9.80 Å². The third-order valence-corrected chi connectivity index (χ3v) is 7.25. The Balaban J connectivity index is 1.04. The first-order valence-electron chi connectivity index (χ1n) is 13.3. The molecule has 0 bridgehead atoms. The highest BCUT2D eigenvalue weighted by Crippen LogP contribution is 2.22. The summed E-state index contributed by atoms with van der Waals surface area (Å²) in [6.45, 7) is 7.15. The zero-order valence-corrected chi connectivity index (χ0v) is 22.7. The van der Waals surface area contributed by atoms with Crippen molar-refractivity contribution in [1.29, 1.82) is 0 Å². The van der Waals surface area contributed by atoms with E-state index in [-0.39, 0.29) is 0 Å². The van der Waals surface area contributed by atoms with Crippen LogP contribution in [0.25, 0.3) is 23.4 Å². The largest absolute Gasteiger partial charge is 0.369 e. The van der Waals surface area contributed by atoms with Crippen molar-refractivity contribution in [1.82, 2.24) is 15.0 Å². The SMILES string of the molecule is CN(CCCN1CCN(c2cccc(Cl)c2)CC1)Cc1cc(-c2ccc(C=Cc3ccccc3)cc2)no1. The highest BCUT2D eigenvalue weighted by molar-refractivity contribution is 6.30. The van der Waals surface area contributed by atoms with Gasteiger partial charge in [-0.15, -0.1) is 0 Å². The Hall–Kier alpha value is -3.38. The van der Waals surface area contributed by atoms with Gasteiger partial charge in [0.25, 0.3) is 0 Å². The standard InChI is InChI=1S/C32H35ClN4O/c1-35(17-6-18-36-19-21-37(22-20-36)30-10-5-9-29(33)23-30)25-31-24-32(34-38-31)28-15-13-27(14-16-28)12-11-26-7-3-2-4-8-26/h2-5,7-16,23-24H,6,17-22,25H2,1H3. The van der Waals surface area contributed by atoms with Gasteiger partial charge in [0.2, 0.25) is 0 Å². The first kappa shape index (κ1) is 26.2. The molecule has 0 N–H and O–H groups in total. The molecule has 6 heteroatoms. The molecular weight excluding hydrogens is 492 g/mol. The van der Waals surface area contributed by atoms with Gasteiger partial charge in [0.05, 0.1) is 6.54 Å². The molecular formula is C32H35ClN4O. The normalized spacial score (nSPS) is 14.6. The molecule has 1 aliphatic rings. The fourth-order valence-electron chi connectivity index (χ4n) is 4.86. The zero-order chi connectivity index (χ0) is 26.2. The van der Waals surface area contributed by atoms with Crippen LogP contribution in [0.3, 0.4) is 0 Å². The molecule has 196 valence electrons. The van der Waals surface area contributed by atoms with Gasteiger partial charge >= 0.3 is 0 Å². The van der Waals surface area contributed by atoms with E-state index >= 15 is 0 Å². The van der Waals surface area contributed by atoms with E-state index in [1.165, 1.54) is 11.3 Å². The summed E-state index contributed by atoms with van der Waals surface area (Å²) in [5, 5.41) is 5.12. The van der Waals surface area contributed by atoms with Gasteiger partial charge in [-0.25, -0.2) is 0 Å².